The molecule has 1 amide bonds. The molecule has 2 fully saturated rings. The summed E-state index contributed by atoms with van der Waals surface area (Å²) in [6, 6.07) is -1.04. The Morgan fingerprint density at radius 1 is 0.933 bits per heavy atom. The number of amides is 1. The minimum absolute atomic E-state index is 0.290. The lowest BCUT2D eigenvalue weighted by Gasteiger charge is -2.47. The first-order valence-electron chi connectivity index (χ1n) is 10.0. The molecule has 7 N–H and O–H groups in total. The van der Waals surface area contributed by atoms with Crippen molar-refractivity contribution in [3.8, 4) is 0 Å². The molecule has 2 saturated heterocycles. The summed E-state index contributed by atoms with van der Waals surface area (Å²) in [5.74, 6) is -0.468. The fraction of sp³-hybridized carbons (Fsp3) is 0.944. The van der Waals surface area contributed by atoms with Gasteiger partial charge in [0.05, 0.1) is 13.2 Å². The average molecular weight is 439 g/mol. The Hall–Kier alpha value is -0.930. The highest BCUT2D eigenvalue weighted by Gasteiger charge is 2.51. The monoisotopic (exact) mass is 439 g/mol. The first kappa shape index (κ1) is 25.3. The number of carbonyl (C=O) groups is 1. The quantitative estimate of drug-likeness (QED) is 0.177. The van der Waals surface area contributed by atoms with Gasteiger partial charge in [-0.2, -0.15) is 0 Å². The normalized spacial score (nSPS) is 42.1. The minimum Gasteiger partial charge on any atom is -0.394 e. The Labute approximate surface area is 174 Å². The Morgan fingerprint density at radius 3 is 2.10 bits per heavy atom. The molecule has 0 bridgehead atoms. The molecule has 0 aliphatic carbocycles. The van der Waals surface area contributed by atoms with Crippen molar-refractivity contribution in [2.75, 3.05) is 19.8 Å². The third kappa shape index (κ3) is 5.85. The standard InChI is InChI=1S/C18H33NO11/c1-3-4-5-27-17-11(19-8(2)22)16(13(24)10(7-21)28-17)30-18-15(26)14(25)12(23)9(6-20)29-18/h9-18,20-21,23-26H,3-7H2,1-2H3,(H,19,22)/t9?,10?,11-,12-,13+,14?,15-,16?,17+,18-/m0/s1. The number of carbonyl (C=O) groups excluding carboxylic acids is 1. The van der Waals surface area contributed by atoms with E-state index < -0.39 is 80.5 Å². The van der Waals surface area contributed by atoms with Crippen LogP contribution in [0.2, 0.25) is 0 Å². The molecule has 12 nitrogen and oxygen atoms in total. The molecule has 0 aromatic rings. The molecule has 2 heterocycles. The number of aliphatic hydroxyl groups is 6. The molecule has 30 heavy (non-hydrogen) atoms. The molecule has 4 unspecified atom stereocenters. The van der Waals surface area contributed by atoms with E-state index in [4.69, 9.17) is 18.9 Å². The highest BCUT2D eigenvalue weighted by atomic mass is 16.7. The fourth-order valence-electron chi connectivity index (χ4n) is 3.44. The van der Waals surface area contributed by atoms with Crippen molar-refractivity contribution in [2.45, 2.75) is 88.0 Å². The molecule has 12 heteroatoms. The van der Waals surface area contributed by atoms with Gasteiger partial charge in [0.2, 0.25) is 5.91 Å². The molecule has 0 radical (unpaired) electrons. The van der Waals surface area contributed by atoms with E-state index in [9.17, 15) is 35.4 Å². The number of ether oxygens (including phenoxy) is 4. The van der Waals surface area contributed by atoms with E-state index in [2.05, 4.69) is 5.32 Å². The first-order chi connectivity index (χ1) is 14.2. The van der Waals surface area contributed by atoms with Crippen molar-refractivity contribution in [1.82, 2.24) is 5.32 Å². The third-order valence-electron chi connectivity index (χ3n) is 5.14. The van der Waals surface area contributed by atoms with Gasteiger partial charge >= 0.3 is 0 Å². The van der Waals surface area contributed by atoms with Gasteiger partial charge in [-0.25, -0.2) is 0 Å². The zero-order valence-electron chi connectivity index (χ0n) is 17.0. The first-order valence-corrected chi connectivity index (χ1v) is 10.0. The van der Waals surface area contributed by atoms with Crippen LogP contribution in [0.5, 0.6) is 0 Å². The van der Waals surface area contributed by atoms with Gasteiger partial charge in [-0.15, -0.1) is 0 Å². The zero-order chi connectivity index (χ0) is 22.4. The lowest BCUT2D eigenvalue weighted by Crippen LogP contribution is -2.68. The molecule has 2 aliphatic heterocycles. The smallest absolute Gasteiger partial charge is 0.217 e. The van der Waals surface area contributed by atoms with Gasteiger partial charge in [0.1, 0.15) is 48.8 Å². The summed E-state index contributed by atoms with van der Waals surface area (Å²) in [4.78, 5) is 11.7. The van der Waals surface area contributed by atoms with Crippen LogP contribution < -0.4 is 5.32 Å². The van der Waals surface area contributed by atoms with Crippen molar-refractivity contribution in [3.05, 3.63) is 0 Å². The SMILES string of the molecule is CCCCO[C@@H]1OC(CO)[C@@H](O)C(O[C@@H]2OC(CO)[C@H](O)C(O)[C@@H]2O)[C@@H]1NC(C)=O. The van der Waals surface area contributed by atoms with E-state index in [1.54, 1.807) is 0 Å². The van der Waals surface area contributed by atoms with Gasteiger partial charge in [-0.1, -0.05) is 13.3 Å². The van der Waals surface area contributed by atoms with Gasteiger partial charge in [0.25, 0.3) is 0 Å². The van der Waals surface area contributed by atoms with E-state index in [1.165, 1.54) is 6.92 Å². The van der Waals surface area contributed by atoms with Crippen LogP contribution in [-0.2, 0) is 23.7 Å². The van der Waals surface area contributed by atoms with Gasteiger partial charge in [0.15, 0.2) is 12.6 Å². The van der Waals surface area contributed by atoms with Gasteiger partial charge in [0, 0.05) is 13.5 Å². The van der Waals surface area contributed by atoms with Crippen molar-refractivity contribution in [1.29, 1.82) is 0 Å². The molecule has 0 spiro atoms. The Bertz CT molecular complexity index is 536. The van der Waals surface area contributed by atoms with E-state index in [0.29, 0.717) is 6.42 Å². The molecule has 2 aliphatic rings. The summed E-state index contributed by atoms with van der Waals surface area (Å²) >= 11 is 0. The second-order valence-electron chi connectivity index (χ2n) is 7.46. The number of unbranched alkanes of at least 4 members (excludes halogenated alkanes) is 1. The topological polar surface area (TPSA) is 187 Å². The van der Waals surface area contributed by atoms with Crippen LogP contribution in [0.25, 0.3) is 0 Å². The molecular weight excluding hydrogens is 406 g/mol. The highest BCUT2D eigenvalue weighted by molar-refractivity contribution is 5.73. The molecular formula is C18H33NO11. The summed E-state index contributed by atoms with van der Waals surface area (Å²) in [5, 5.41) is 62.3. The fourth-order valence-corrected chi connectivity index (χ4v) is 3.44. The zero-order valence-corrected chi connectivity index (χ0v) is 17.0. The van der Waals surface area contributed by atoms with Gasteiger partial charge in [-0.05, 0) is 6.42 Å². The predicted molar refractivity (Wildman–Crippen MR) is 98.9 cm³/mol. The van der Waals surface area contributed by atoms with Crippen LogP contribution in [-0.4, -0.2) is 118 Å². The number of nitrogens with one attached hydrogen (secondary N) is 1. The predicted octanol–water partition coefficient (Wildman–Crippen LogP) is -3.43. The summed E-state index contributed by atoms with van der Waals surface area (Å²) in [6.07, 6.45) is -11.1. The van der Waals surface area contributed by atoms with Gasteiger partial charge < -0.3 is 54.9 Å². The average Bonchev–Trinajstić information content (AvgIpc) is 2.71. The molecule has 176 valence electrons. The number of hydrogen-bond donors (Lipinski definition) is 7. The van der Waals surface area contributed by atoms with Gasteiger partial charge in [-0.3, -0.25) is 4.79 Å². The Balaban J connectivity index is 2.25. The van der Waals surface area contributed by atoms with Crippen molar-refractivity contribution < 1.29 is 54.4 Å². The van der Waals surface area contributed by atoms with Crippen LogP contribution in [0.15, 0.2) is 0 Å². The van der Waals surface area contributed by atoms with Crippen LogP contribution in [0.4, 0.5) is 0 Å². The van der Waals surface area contributed by atoms with Crippen molar-refractivity contribution >= 4 is 5.91 Å². The summed E-state index contributed by atoms with van der Waals surface area (Å²) in [5.41, 5.74) is 0. The Morgan fingerprint density at radius 2 is 1.53 bits per heavy atom. The lowest BCUT2D eigenvalue weighted by molar-refractivity contribution is -0.344. The Kier molecular flexibility index (Phi) is 9.81. The molecule has 0 aromatic heterocycles. The lowest BCUT2D eigenvalue weighted by atomic mass is 9.95. The summed E-state index contributed by atoms with van der Waals surface area (Å²) < 4.78 is 22.3. The van der Waals surface area contributed by atoms with Crippen LogP contribution in [0.3, 0.4) is 0 Å². The maximum absolute atomic E-state index is 11.7. The highest BCUT2D eigenvalue weighted by Crippen LogP contribution is 2.29. The summed E-state index contributed by atoms with van der Waals surface area (Å²) in [7, 11) is 0. The van der Waals surface area contributed by atoms with Crippen LogP contribution >= 0.6 is 0 Å². The molecule has 0 aromatic carbocycles. The maximum atomic E-state index is 11.7. The third-order valence-corrected chi connectivity index (χ3v) is 5.14. The van der Waals surface area contributed by atoms with Crippen LogP contribution in [0.1, 0.15) is 26.7 Å². The summed E-state index contributed by atoms with van der Waals surface area (Å²) in [6.45, 7) is 2.27. The number of hydrogen-bond acceptors (Lipinski definition) is 11. The van der Waals surface area contributed by atoms with E-state index >= 15 is 0 Å². The number of rotatable bonds is 9. The van der Waals surface area contributed by atoms with E-state index in [-0.39, 0.29) is 6.61 Å². The van der Waals surface area contributed by atoms with E-state index in [1.807, 2.05) is 6.92 Å². The maximum Gasteiger partial charge on any atom is 0.217 e. The second-order valence-corrected chi connectivity index (χ2v) is 7.46. The molecule has 10 atom stereocenters. The van der Waals surface area contributed by atoms with Crippen LogP contribution in [0, 0.1) is 0 Å². The minimum atomic E-state index is -1.71. The molecule has 2 rings (SSSR count). The van der Waals surface area contributed by atoms with E-state index in [0.717, 1.165) is 6.42 Å². The second kappa shape index (κ2) is 11.6. The van der Waals surface area contributed by atoms with Crippen molar-refractivity contribution in [2.24, 2.45) is 0 Å². The number of aliphatic hydroxyl groups excluding tert-OH is 6. The van der Waals surface area contributed by atoms with Crippen molar-refractivity contribution in [3.63, 3.8) is 0 Å². The largest absolute Gasteiger partial charge is 0.394 e. The molecule has 0 saturated carbocycles.